The number of hydrogen-bond acceptors (Lipinski definition) is 7. The lowest BCUT2D eigenvalue weighted by molar-refractivity contribution is -0.120. The van der Waals surface area contributed by atoms with Crippen LogP contribution in [0, 0.1) is 6.92 Å². The number of fused-ring (bicyclic) bond motifs is 1. The molecule has 0 atom stereocenters. The van der Waals surface area contributed by atoms with Crippen molar-refractivity contribution in [2.24, 2.45) is 0 Å². The third-order valence-corrected chi connectivity index (χ3v) is 4.01. The zero-order valence-electron chi connectivity index (χ0n) is 15.2. The minimum Gasteiger partial charge on any atom is -0.504 e. The maximum absolute atomic E-state index is 12.8. The lowest BCUT2D eigenvalue weighted by atomic mass is 10.0. The Hall–Kier alpha value is -2.87. The molecule has 0 unspecified atom stereocenters. The predicted molar refractivity (Wildman–Crippen MR) is 96.1 cm³/mol. The number of benzene rings is 1. The lowest BCUT2D eigenvalue weighted by Gasteiger charge is -2.12. The standard InChI is InChI=1S/C18H22N2O6/c1-10-11(8-15(22)19-5-6-20(2)3)16(23)12-7-14(25-4)17(24)13(9-21)18(12)26-10/h7,9,24H,5-6,8H2,1-4H3,(H,19,22). The second-order valence-corrected chi connectivity index (χ2v) is 6.13. The Morgan fingerprint density at radius 3 is 2.69 bits per heavy atom. The number of aldehydes is 1. The number of likely N-dealkylation sites (N-methyl/N-ethyl adjacent to an activating group) is 1. The van der Waals surface area contributed by atoms with Crippen molar-refractivity contribution in [3.63, 3.8) is 0 Å². The molecule has 0 fully saturated rings. The summed E-state index contributed by atoms with van der Waals surface area (Å²) in [5.41, 5.74) is -0.434. The van der Waals surface area contributed by atoms with Gasteiger partial charge < -0.3 is 24.5 Å². The van der Waals surface area contributed by atoms with Crippen LogP contribution in [0.4, 0.5) is 0 Å². The molecule has 2 aromatic rings. The van der Waals surface area contributed by atoms with Crippen LogP contribution in [0.5, 0.6) is 11.5 Å². The molecule has 2 N–H and O–H groups in total. The van der Waals surface area contributed by atoms with Gasteiger partial charge in [-0.15, -0.1) is 0 Å². The van der Waals surface area contributed by atoms with Crippen LogP contribution in [-0.2, 0) is 11.2 Å². The van der Waals surface area contributed by atoms with Crippen LogP contribution in [0.15, 0.2) is 15.3 Å². The molecule has 8 nitrogen and oxygen atoms in total. The van der Waals surface area contributed by atoms with E-state index < -0.39 is 11.2 Å². The van der Waals surface area contributed by atoms with E-state index in [2.05, 4.69) is 5.32 Å². The zero-order chi connectivity index (χ0) is 19.4. The number of rotatable bonds is 7. The highest BCUT2D eigenvalue weighted by molar-refractivity contribution is 5.99. The molecule has 2 rings (SSSR count). The van der Waals surface area contributed by atoms with E-state index in [1.807, 2.05) is 19.0 Å². The van der Waals surface area contributed by atoms with E-state index in [0.29, 0.717) is 19.4 Å². The number of nitrogens with one attached hydrogen (secondary N) is 1. The topological polar surface area (TPSA) is 109 Å². The first kappa shape index (κ1) is 19.5. The minimum absolute atomic E-state index is 0.0165. The summed E-state index contributed by atoms with van der Waals surface area (Å²) in [6, 6.07) is 1.30. The Balaban J connectivity index is 2.46. The van der Waals surface area contributed by atoms with E-state index in [9.17, 15) is 19.5 Å². The molecule has 0 aliphatic rings. The normalized spacial score (nSPS) is 11.0. The van der Waals surface area contributed by atoms with E-state index in [1.54, 1.807) is 6.92 Å². The summed E-state index contributed by atoms with van der Waals surface area (Å²) in [5, 5.41) is 12.8. The molecule has 26 heavy (non-hydrogen) atoms. The fourth-order valence-corrected chi connectivity index (χ4v) is 2.58. The van der Waals surface area contributed by atoms with Crippen molar-refractivity contribution < 1.29 is 23.8 Å². The molecule has 0 radical (unpaired) electrons. The van der Waals surface area contributed by atoms with Gasteiger partial charge in [0, 0.05) is 18.7 Å². The SMILES string of the molecule is COc1cc2c(=O)c(CC(=O)NCCN(C)C)c(C)oc2c(C=O)c1O. The first-order chi connectivity index (χ1) is 12.3. The Morgan fingerprint density at radius 2 is 2.12 bits per heavy atom. The fraction of sp³-hybridized carbons (Fsp3) is 0.389. The quantitative estimate of drug-likeness (QED) is 0.703. The maximum atomic E-state index is 12.8. The van der Waals surface area contributed by atoms with E-state index in [1.165, 1.54) is 13.2 Å². The largest absolute Gasteiger partial charge is 0.504 e. The molecule has 0 aliphatic carbocycles. The monoisotopic (exact) mass is 362 g/mol. The first-order valence-corrected chi connectivity index (χ1v) is 8.03. The molecule has 8 heteroatoms. The number of phenolic OH excluding ortho intramolecular Hbond substituents is 1. The Bertz CT molecular complexity index is 901. The van der Waals surface area contributed by atoms with E-state index in [0.717, 1.165) is 0 Å². The molecule has 1 heterocycles. The van der Waals surface area contributed by atoms with E-state index in [4.69, 9.17) is 9.15 Å². The van der Waals surface area contributed by atoms with Crippen LogP contribution in [0.25, 0.3) is 11.0 Å². The van der Waals surface area contributed by atoms with Gasteiger partial charge in [-0.1, -0.05) is 0 Å². The minimum atomic E-state index is -0.437. The predicted octanol–water partition coefficient (Wildman–Crippen LogP) is 0.848. The van der Waals surface area contributed by atoms with Gasteiger partial charge in [-0.05, 0) is 27.1 Å². The molecule has 0 spiro atoms. The maximum Gasteiger partial charge on any atom is 0.224 e. The van der Waals surface area contributed by atoms with Gasteiger partial charge in [-0.25, -0.2) is 0 Å². The van der Waals surface area contributed by atoms with Gasteiger partial charge in [0.05, 0.1) is 18.9 Å². The highest BCUT2D eigenvalue weighted by Gasteiger charge is 2.21. The van der Waals surface area contributed by atoms with Gasteiger partial charge in [0.25, 0.3) is 0 Å². The van der Waals surface area contributed by atoms with Crippen LogP contribution < -0.4 is 15.5 Å². The van der Waals surface area contributed by atoms with Crippen molar-refractivity contribution in [3.05, 3.63) is 33.2 Å². The van der Waals surface area contributed by atoms with Crippen molar-refractivity contribution in [2.45, 2.75) is 13.3 Å². The summed E-state index contributed by atoms with van der Waals surface area (Å²) in [6.45, 7) is 2.68. The summed E-state index contributed by atoms with van der Waals surface area (Å²) in [6.07, 6.45) is 0.257. The van der Waals surface area contributed by atoms with Gasteiger partial charge in [0.1, 0.15) is 11.3 Å². The zero-order valence-corrected chi connectivity index (χ0v) is 15.2. The van der Waals surface area contributed by atoms with Crippen molar-refractivity contribution in [1.29, 1.82) is 0 Å². The van der Waals surface area contributed by atoms with Gasteiger partial charge in [-0.2, -0.15) is 0 Å². The number of phenols is 1. The Kier molecular flexibility index (Phi) is 5.99. The molecule has 0 saturated heterocycles. The number of carbonyl (C=O) groups is 2. The number of hydrogen-bond donors (Lipinski definition) is 2. The molecular weight excluding hydrogens is 340 g/mol. The van der Waals surface area contributed by atoms with Gasteiger partial charge in [0.2, 0.25) is 5.91 Å². The van der Waals surface area contributed by atoms with Crippen LogP contribution in [0.1, 0.15) is 21.7 Å². The molecule has 0 bridgehead atoms. The third kappa shape index (κ3) is 3.85. The fourth-order valence-electron chi connectivity index (χ4n) is 2.58. The van der Waals surface area contributed by atoms with Crippen LogP contribution in [-0.4, -0.2) is 56.5 Å². The van der Waals surface area contributed by atoms with Gasteiger partial charge >= 0.3 is 0 Å². The second-order valence-electron chi connectivity index (χ2n) is 6.13. The molecule has 140 valence electrons. The third-order valence-electron chi connectivity index (χ3n) is 4.01. The Morgan fingerprint density at radius 1 is 1.42 bits per heavy atom. The summed E-state index contributed by atoms with van der Waals surface area (Å²) in [7, 11) is 5.09. The Labute approximate surface area is 150 Å². The van der Waals surface area contributed by atoms with Gasteiger partial charge in [0.15, 0.2) is 28.8 Å². The van der Waals surface area contributed by atoms with Crippen LogP contribution in [0.2, 0.25) is 0 Å². The highest BCUT2D eigenvalue weighted by atomic mass is 16.5. The van der Waals surface area contributed by atoms with Crippen molar-refractivity contribution in [1.82, 2.24) is 10.2 Å². The van der Waals surface area contributed by atoms with Crippen LogP contribution in [0.3, 0.4) is 0 Å². The second kappa shape index (κ2) is 8.01. The number of amides is 1. The molecule has 0 aliphatic heterocycles. The number of ether oxygens (including phenoxy) is 1. The molecule has 1 aromatic heterocycles. The number of aromatic hydroxyl groups is 1. The molecular formula is C18H22N2O6. The van der Waals surface area contributed by atoms with E-state index >= 15 is 0 Å². The van der Waals surface area contributed by atoms with Crippen molar-refractivity contribution in [3.8, 4) is 11.5 Å². The summed E-state index contributed by atoms with van der Waals surface area (Å²) in [4.78, 5) is 38.2. The smallest absolute Gasteiger partial charge is 0.224 e. The number of nitrogens with zero attached hydrogens (tertiary/aromatic N) is 1. The number of aryl methyl sites for hydroxylation is 1. The molecule has 0 saturated carbocycles. The van der Waals surface area contributed by atoms with E-state index in [-0.39, 0.29) is 45.9 Å². The van der Waals surface area contributed by atoms with Crippen molar-refractivity contribution >= 4 is 23.2 Å². The lowest BCUT2D eigenvalue weighted by Crippen LogP contribution is -2.33. The molecule has 1 aromatic carbocycles. The summed E-state index contributed by atoms with van der Waals surface area (Å²) in [5.74, 6) is -0.496. The number of methoxy groups -OCH3 is 1. The van der Waals surface area contributed by atoms with Crippen LogP contribution >= 0.6 is 0 Å². The summed E-state index contributed by atoms with van der Waals surface area (Å²) < 4.78 is 10.6. The average Bonchev–Trinajstić information content (AvgIpc) is 2.58. The first-order valence-electron chi connectivity index (χ1n) is 8.03. The highest BCUT2D eigenvalue weighted by Crippen LogP contribution is 2.35. The van der Waals surface area contributed by atoms with Gasteiger partial charge in [-0.3, -0.25) is 14.4 Å². The van der Waals surface area contributed by atoms with Crippen molar-refractivity contribution in [2.75, 3.05) is 34.3 Å². The summed E-state index contributed by atoms with van der Waals surface area (Å²) >= 11 is 0. The average molecular weight is 362 g/mol. The number of carbonyl (C=O) groups excluding carboxylic acids is 2. The molecule has 1 amide bonds.